The Hall–Kier alpha value is -0.350. The molecule has 0 radical (unpaired) electrons. The van der Waals surface area contributed by atoms with E-state index in [1.807, 2.05) is 12.1 Å². The number of ether oxygens (including phenoxy) is 1. The second-order valence-corrected chi connectivity index (χ2v) is 7.06. The van der Waals surface area contributed by atoms with Crippen molar-refractivity contribution in [2.45, 2.75) is 20.3 Å². The highest BCUT2D eigenvalue weighted by Gasteiger charge is 2.21. The summed E-state index contributed by atoms with van der Waals surface area (Å²) in [6, 6.07) is 4.09. The van der Waals surface area contributed by atoms with E-state index in [0.717, 1.165) is 28.1 Å². The van der Waals surface area contributed by atoms with Gasteiger partial charge in [0, 0.05) is 32.7 Å². The van der Waals surface area contributed by atoms with Crippen LogP contribution in [0.1, 0.15) is 17.5 Å². The first-order valence-electron chi connectivity index (χ1n) is 5.81. The summed E-state index contributed by atoms with van der Waals surface area (Å²) < 4.78 is 18.2. The molecule has 0 aromatic heterocycles. The van der Waals surface area contributed by atoms with Crippen molar-refractivity contribution in [3.8, 4) is 5.75 Å². The van der Waals surface area contributed by atoms with Crippen LogP contribution in [0, 0.1) is 19.8 Å². The van der Waals surface area contributed by atoms with Crippen LogP contribution in [0.25, 0.3) is 0 Å². The molecular formula is C13H17BrO2S. The van der Waals surface area contributed by atoms with Gasteiger partial charge < -0.3 is 4.74 Å². The summed E-state index contributed by atoms with van der Waals surface area (Å²) in [4.78, 5) is 0. The molecule has 2 rings (SSSR count). The maximum Gasteiger partial charge on any atom is 0.119 e. The molecule has 94 valence electrons. The Morgan fingerprint density at radius 3 is 2.59 bits per heavy atom. The first-order chi connectivity index (χ1) is 8.06. The second-order valence-electron chi connectivity index (χ2n) is 4.65. The van der Waals surface area contributed by atoms with Gasteiger partial charge in [-0.25, -0.2) is 0 Å². The van der Waals surface area contributed by atoms with E-state index in [1.54, 1.807) is 0 Å². The average Bonchev–Trinajstić information content (AvgIpc) is 2.69. The van der Waals surface area contributed by atoms with Gasteiger partial charge in [0.2, 0.25) is 0 Å². The maximum absolute atomic E-state index is 11.3. The normalized spacial score (nSPS) is 23.9. The zero-order valence-electron chi connectivity index (χ0n) is 10.2. The highest BCUT2D eigenvalue weighted by molar-refractivity contribution is 9.10. The van der Waals surface area contributed by atoms with E-state index in [4.69, 9.17) is 4.74 Å². The molecular weight excluding hydrogens is 300 g/mol. The third-order valence-electron chi connectivity index (χ3n) is 3.07. The highest BCUT2D eigenvalue weighted by Crippen LogP contribution is 2.27. The minimum atomic E-state index is -0.611. The summed E-state index contributed by atoms with van der Waals surface area (Å²) in [6.07, 6.45) is 1.03. The summed E-state index contributed by atoms with van der Waals surface area (Å²) >= 11 is 3.54. The lowest BCUT2D eigenvalue weighted by Gasteiger charge is -2.13. The van der Waals surface area contributed by atoms with E-state index in [-0.39, 0.29) is 0 Å². The number of halogens is 1. The Bertz CT molecular complexity index is 422. The maximum atomic E-state index is 11.3. The molecule has 1 aromatic rings. The Morgan fingerprint density at radius 2 is 2.06 bits per heavy atom. The fraction of sp³-hybridized carbons (Fsp3) is 0.538. The van der Waals surface area contributed by atoms with Crippen molar-refractivity contribution in [1.82, 2.24) is 0 Å². The quantitative estimate of drug-likeness (QED) is 0.856. The average molecular weight is 317 g/mol. The van der Waals surface area contributed by atoms with Gasteiger partial charge >= 0.3 is 0 Å². The molecule has 1 fully saturated rings. The van der Waals surface area contributed by atoms with Gasteiger partial charge in [-0.05, 0) is 43.5 Å². The van der Waals surface area contributed by atoms with Crippen LogP contribution >= 0.6 is 15.9 Å². The topological polar surface area (TPSA) is 26.3 Å². The molecule has 4 heteroatoms. The lowest BCUT2D eigenvalue weighted by Crippen LogP contribution is -2.12. The number of rotatable bonds is 3. The molecule has 0 spiro atoms. The third kappa shape index (κ3) is 3.32. The minimum Gasteiger partial charge on any atom is -0.493 e. The highest BCUT2D eigenvalue weighted by atomic mass is 79.9. The van der Waals surface area contributed by atoms with E-state index in [9.17, 15) is 4.21 Å². The summed E-state index contributed by atoms with van der Waals surface area (Å²) in [6.45, 7) is 4.81. The first kappa shape index (κ1) is 13.1. The van der Waals surface area contributed by atoms with Gasteiger partial charge in [0.1, 0.15) is 5.75 Å². The van der Waals surface area contributed by atoms with Gasteiger partial charge in [-0.2, -0.15) is 0 Å². The van der Waals surface area contributed by atoms with Crippen molar-refractivity contribution in [2.24, 2.45) is 5.92 Å². The number of benzene rings is 1. The molecule has 2 nitrogen and oxygen atoms in total. The Labute approximate surface area is 113 Å². The molecule has 0 N–H and O–H groups in total. The predicted octanol–water partition coefficient (Wildman–Crippen LogP) is 3.21. The monoisotopic (exact) mass is 316 g/mol. The Kier molecular flexibility index (Phi) is 4.26. The molecule has 17 heavy (non-hydrogen) atoms. The van der Waals surface area contributed by atoms with Gasteiger partial charge in [0.25, 0.3) is 0 Å². The molecule has 0 saturated carbocycles. The smallest absolute Gasteiger partial charge is 0.119 e. The van der Waals surface area contributed by atoms with Crippen LogP contribution in [0.5, 0.6) is 5.75 Å². The van der Waals surface area contributed by atoms with Gasteiger partial charge in [0.05, 0.1) is 6.61 Å². The summed E-state index contributed by atoms with van der Waals surface area (Å²) in [5.41, 5.74) is 2.38. The van der Waals surface area contributed by atoms with Crippen LogP contribution in [0.3, 0.4) is 0 Å². The van der Waals surface area contributed by atoms with Crippen LogP contribution in [0.2, 0.25) is 0 Å². The standard InChI is InChI=1S/C13H17BrO2S/c1-9-5-12(6-10(2)13(9)14)16-7-11-3-4-17(15)8-11/h5-6,11H,3-4,7-8H2,1-2H3. The lowest BCUT2D eigenvalue weighted by atomic mass is 10.1. The van der Waals surface area contributed by atoms with Gasteiger partial charge in [-0.3, -0.25) is 4.21 Å². The fourth-order valence-corrected chi connectivity index (χ4v) is 3.84. The van der Waals surface area contributed by atoms with Crippen LogP contribution in [-0.2, 0) is 10.8 Å². The lowest BCUT2D eigenvalue weighted by molar-refractivity contribution is 0.263. The van der Waals surface area contributed by atoms with Gasteiger partial charge in [0.15, 0.2) is 0 Å². The van der Waals surface area contributed by atoms with E-state index in [1.165, 1.54) is 11.1 Å². The van der Waals surface area contributed by atoms with E-state index < -0.39 is 10.8 Å². The van der Waals surface area contributed by atoms with E-state index >= 15 is 0 Å². The summed E-state index contributed by atoms with van der Waals surface area (Å²) in [7, 11) is -0.611. The van der Waals surface area contributed by atoms with Crippen molar-refractivity contribution in [3.05, 3.63) is 27.7 Å². The van der Waals surface area contributed by atoms with Crippen LogP contribution in [0.15, 0.2) is 16.6 Å². The third-order valence-corrected chi connectivity index (χ3v) is 5.86. The SMILES string of the molecule is Cc1cc(OCC2CCS(=O)C2)cc(C)c1Br. The molecule has 0 bridgehead atoms. The molecule has 0 amide bonds. The molecule has 1 aromatic carbocycles. The zero-order chi connectivity index (χ0) is 12.4. The summed E-state index contributed by atoms with van der Waals surface area (Å²) in [5, 5.41) is 0. The van der Waals surface area contributed by atoms with Gasteiger partial charge in [-0.15, -0.1) is 0 Å². The van der Waals surface area contributed by atoms with E-state index in [2.05, 4.69) is 29.8 Å². The molecule has 0 aliphatic carbocycles. The van der Waals surface area contributed by atoms with Crippen LogP contribution in [0.4, 0.5) is 0 Å². The van der Waals surface area contributed by atoms with Crippen molar-refractivity contribution in [2.75, 3.05) is 18.1 Å². The molecule has 1 aliphatic heterocycles. The molecule has 1 aliphatic rings. The fourth-order valence-electron chi connectivity index (χ4n) is 2.06. The second kappa shape index (κ2) is 5.53. The summed E-state index contributed by atoms with van der Waals surface area (Å²) in [5.74, 6) is 3.02. The molecule has 2 unspecified atom stereocenters. The minimum absolute atomic E-state index is 0.458. The van der Waals surface area contributed by atoms with Gasteiger partial charge in [-0.1, -0.05) is 15.9 Å². The molecule has 1 heterocycles. The number of hydrogen-bond donors (Lipinski definition) is 0. The molecule has 1 saturated heterocycles. The van der Waals surface area contributed by atoms with E-state index in [0.29, 0.717) is 12.5 Å². The van der Waals surface area contributed by atoms with Crippen LogP contribution < -0.4 is 4.74 Å². The molecule has 2 atom stereocenters. The number of hydrogen-bond acceptors (Lipinski definition) is 2. The van der Waals surface area contributed by atoms with Crippen molar-refractivity contribution < 1.29 is 8.95 Å². The predicted molar refractivity (Wildman–Crippen MR) is 75.1 cm³/mol. The Morgan fingerprint density at radius 1 is 1.41 bits per heavy atom. The Balaban J connectivity index is 1.97. The number of aryl methyl sites for hydroxylation is 2. The largest absolute Gasteiger partial charge is 0.493 e. The van der Waals surface area contributed by atoms with Crippen molar-refractivity contribution >= 4 is 26.7 Å². The van der Waals surface area contributed by atoms with Crippen molar-refractivity contribution in [1.29, 1.82) is 0 Å². The first-order valence-corrected chi connectivity index (χ1v) is 8.09. The zero-order valence-corrected chi connectivity index (χ0v) is 12.6. The van der Waals surface area contributed by atoms with Crippen LogP contribution in [-0.4, -0.2) is 22.3 Å². The van der Waals surface area contributed by atoms with Crippen molar-refractivity contribution in [3.63, 3.8) is 0 Å².